The van der Waals surface area contributed by atoms with Gasteiger partial charge in [0, 0.05) is 26.0 Å². The van der Waals surface area contributed by atoms with E-state index in [0.29, 0.717) is 13.1 Å². The van der Waals surface area contributed by atoms with Crippen LogP contribution in [0.5, 0.6) is 0 Å². The first-order chi connectivity index (χ1) is 7.20. The zero-order valence-electron chi connectivity index (χ0n) is 8.88. The van der Waals surface area contributed by atoms with Crippen molar-refractivity contribution in [2.24, 2.45) is 12.8 Å². The fraction of sp³-hybridized carbons (Fsp3) is 0.444. The summed E-state index contributed by atoms with van der Waals surface area (Å²) in [5.74, 6) is 0.945. The van der Waals surface area contributed by atoms with Crippen molar-refractivity contribution in [2.45, 2.75) is 20.0 Å². The van der Waals surface area contributed by atoms with Crippen LogP contribution < -0.4 is 5.73 Å². The van der Waals surface area contributed by atoms with Crippen molar-refractivity contribution in [1.29, 1.82) is 0 Å². The molecule has 2 heterocycles. The van der Waals surface area contributed by atoms with E-state index < -0.39 is 0 Å². The molecule has 2 aromatic heterocycles. The molecule has 0 bridgehead atoms. The molecule has 15 heavy (non-hydrogen) atoms. The summed E-state index contributed by atoms with van der Waals surface area (Å²) in [6, 6.07) is 0. The second-order valence-corrected chi connectivity index (χ2v) is 3.47. The largest absolute Gasteiger partial charge is 0.325 e. The van der Waals surface area contributed by atoms with Gasteiger partial charge in [-0.3, -0.25) is 4.68 Å². The third kappa shape index (κ3) is 1.89. The Hall–Kier alpha value is -1.69. The summed E-state index contributed by atoms with van der Waals surface area (Å²) >= 11 is 0. The van der Waals surface area contributed by atoms with Gasteiger partial charge in [-0.25, -0.2) is 4.98 Å². The van der Waals surface area contributed by atoms with E-state index in [1.165, 1.54) is 0 Å². The molecule has 80 valence electrons. The highest BCUT2D eigenvalue weighted by atomic mass is 15.4. The minimum absolute atomic E-state index is 0.487. The molecule has 0 spiro atoms. The highest BCUT2D eigenvalue weighted by Gasteiger charge is 2.07. The van der Waals surface area contributed by atoms with Gasteiger partial charge in [0.05, 0.1) is 12.2 Å². The summed E-state index contributed by atoms with van der Waals surface area (Å²) in [5, 5.41) is 7.91. The van der Waals surface area contributed by atoms with E-state index in [4.69, 9.17) is 5.73 Å². The first-order valence-corrected chi connectivity index (χ1v) is 4.77. The van der Waals surface area contributed by atoms with E-state index in [1.54, 1.807) is 10.9 Å². The van der Waals surface area contributed by atoms with Crippen molar-refractivity contribution < 1.29 is 0 Å². The van der Waals surface area contributed by atoms with E-state index in [9.17, 15) is 0 Å². The number of hydrogen-bond acceptors (Lipinski definition) is 4. The Bertz CT molecular complexity index is 455. The van der Waals surface area contributed by atoms with Gasteiger partial charge >= 0.3 is 0 Å². The fourth-order valence-corrected chi connectivity index (χ4v) is 1.52. The van der Waals surface area contributed by atoms with Gasteiger partial charge in [0.25, 0.3) is 0 Å². The minimum atomic E-state index is 0.487. The molecular formula is C9H14N6. The second-order valence-electron chi connectivity index (χ2n) is 3.47. The molecule has 2 N–H and O–H groups in total. The number of aromatic nitrogens is 5. The van der Waals surface area contributed by atoms with Gasteiger partial charge in [-0.2, -0.15) is 0 Å². The SMILES string of the molecule is Cc1ncc(CN)n1Cc1cn(C)nn1. The van der Waals surface area contributed by atoms with Crippen molar-refractivity contribution >= 4 is 0 Å². The molecule has 0 unspecified atom stereocenters. The fourth-order valence-electron chi connectivity index (χ4n) is 1.52. The first-order valence-electron chi connectivity index (χ1n) is 4.77. The van der Waals surface area contributed by atoms with Gasteiger partial charge < -0.3 is 10.3 Å². The van der Waals surface area contributed by atoms with Crippen LogP contribution in [-0.2, 0) is 20.1 Å². The molecule has 0 atom stereocenters. The van der Waals surface area contributed by atoms with Crippen molar-refractivity contribution in [3.63, 3.8) is 0 Å². The Balaban J connectivity index is 2.26. The highest BCUT2D eigenvalue weighted by molar-refractivity contribution is 5.07. The molecule has 0 saturated heterocycles. The first kappa shape index (κ1) is 9.85. The van der Waals surface area contributed by atoms with Crippen molar-refractivity contribution in [3.8, 4) is 0 Å². The predicted octanol–water partition coefficient (Wildman–Crippen LogP) is -0.173. The van der Waals surface area contributed by atoms with Gasteiger partial charge in [-0.15, -0.1) is 5.10 Å². The molecule has 0 fully saturated rings. The van der Waals surface area contributed by atoms with Gasteiger partial charge in [0.1, 0.15) is 11.5 Å². The molecule has 0 aromatic carbocycles. The van der Waals surface area contributed by atoms with Crippen LogP contribution in [0.1, 0.15) is 17.2 Å². The third-order valence-corrected chi connectivity index (χ3v) is 2.32. The Morgan fingerprint density at radius 1 is 1.47 bits per heavy atom. The van der Waals surface area contributed by atoms with Crippen LogP contribution in [0.4, 0.5) is 0 Å². The van der Waals surface area contributed by atoms with Gasteiger partial charge in [0.2, 0.25) is 0 Å². The Kier molecular flexibility index (Phi) is 2.51. The number of nitrogens with two attached hydrogens (primary N) is 1. The van der Waals surface area contributed by atoms with Crippen LogP contribution in [-0.4, -0.2) is 24.5 Å². The molecule has 0 saturated carbocycles. The maximum atomic E-state index is 5.62. The van der Waals surface area contributed by atoms with E-state index in [-0.39, 0.29) is 0 Å². The molecule has 6 nitrogen and oxygen atoms in total. The van der Waals surface area contributed by atoms with E-state index in [1.807, 2.05) is 24.7 Å². The Labute approximate surface area is 87.7 Å². The monoisotopic (exact) mass is 206 g/mol. The zero-order chi connectivity index (χ0) is 10.8. The van der Waals surface area contributed by atoms with Crippen molar-refractivity contribution in [1.82, 2.24) is 24.5 Å². The van der Waals surface area contributed by atoms with Crippen LogP contribution >= 0.6 is 0 Å². The summed E-state index contributed by atoms with van der Waals surface area (Å²) in [5.41, 5.74) is 7.54. The Morgan fingerprint density at radius 3 is 2.87 bits per heavy atom. The molecule has 0 aliphatic rings. The van der Waals surface area contributed by atoms with Crippen LogP contribution in [0.15, 0.2) is 12.4 Å². The molecule has 0 radical (unpaired) electrons. The Morgan fingerprint density at radius 2 is 2.27 bits per heavy atom. The van der Waals surface area contributed by atoms with Crippen molar-refractivity contribution in [3.05, 3.63) is 29.6 Å². The molecule has 0 aliphatic carbocycles. The maximum absolute atomic E-state index is 5.62. The summed E-state index contributed by atoms with van der Waals surface area (Å²) in [4.78, 5) is 4.22. The molecular weight excluding hydrogens is 192 g/mol. The molecule has 0 amide bonds. The molecule has 0 aliphatic heterocycles. The summed E-state index contributed by atoms with van der Waals surface area (Å²) in [6.45, 7) is 3.11. The lowest BCUT2D eigenvalue weighted by Crippen LogP contribution is -2.10. The predicted molar refractivity (Wildman–Crippen MR) is 55.0 cm³/mol. The lowest BCUT2D eigenvalue weighted by molar-refractivity contribution is 0.689. The second kappa shape index (κ2) is 3.82. The van der Waals surface area contributed by atoms with E-state index >= 15 is 0 Å². The molecule has 6 heteroatoms. The van der Waals surface area contributed by atoms with Gasteiger partial charge in [-0.05, 0) is 6.92 Å². The average Bonchev–Trinajstić information content (AvgIpc) is 2.76. The standard InChI is InChI=1S/C9H14N6/c1-7-11-4-9(3-10)15(7)6-8-5-14(2)13-12-8/h4-5H,3,6,10H2,1-2H3. The summed E-state index contributed by atoms with van der Waals surface area (Å²) < 4.78 is 3.73. The van der Waals surface area contributed by atoms with Gasteiger partial charge in [-0.1, -0.05) is 5.21 Å². The van der Waals surface area contributed by atoms with E-state index in [2.05, 4.69) is 15.3 Å². The third-order valence-electron chi connectivity index (χ3n) is 2.32. The van der Waals surface area contributed by atoms with Crippen LogP contribution in [0, 0.1) is 6.92 Å². The number of hydrogen-bond donors (Lipinski definition) is 1. The molecule has 2 rings (SSSR count). The van der Waals surface area contributed by atoms with E-state index in [0.717, 1.165) is 17.2 Å². The summed E-state index contributed by atoms with van der Waals surface area (Å²) in [6.07, 6.45) is 3.69. The molecule has 2 aromatic rings. The van der Waals surface area contributed by atoms with Crippen LogP contribution in [0.25, 0.3) is 0 Å². The van der Waals surface area contributed by atoms with Crippen molar-refractivity contribution in [2.75, 3.05) is 0 Å². The lowest BCUT2D eigenvalue weighted by Gasteiger charge is -2.05. The average molecular weight is 206 g/mol. The number of rotatable bonds is 3. The highest BCUT2D eigenvalue weighted by Crippen LogP contribution is 2.06. The smallest absolute Gasteiger partial charge is 0.106 e. The normalized spacial score (nSPS) is 10.9. The summed E-state index contributed by atoms with van der Waals surface area (Å²) in [7, 11) is 1.85. The topological polar surface area (TPSA) is 74.5 Å². The van der Waals surface area contributed by atoms with Gasteiger partial charge in [0.15, 0.2) is 0 Å². The van der Waals surface area contributed by atoms with Crippen LogP contribution in [0.3, 0.4) is 0 Å². The number of aryl methyl sites for hydroxylation is 2. The van der Waals surface area contributed by atoms with Crippen LogP contribution in [0.2, 0.25) is 0 Å². The quantitative estimate of drug-likeness (QED) is 0.756. The zero-order valence-corrected chi connectivity index (χ0v) is 8.88. The number of imidazole rings is 1. The lowest BCUT2D eigenvalue weighted by atomic mass is 10.4. The minimum Gasteiger partial charge on any atom is -0.325 e. The number of nitrogens with zero attached hydrogens (tertiary/aromatic N) is 5. The maximum Gasteiger partial charge on any atom is 0.106 e.